The van der Waals surface area contributed by atoms with Gasteiger partial charge in [0.05, 0.1) is 24.4 Å². The second kappa shape index (κ2) is 6.16. The first-order chi connectivity index (χ1) is 11.0. The lowest BCUT2D eigenvalue weighted by atomic mass is 10.2. The highest BCUT2D eigenvalue weighted by molar-refractivity contribution is 5.78. The molecule has 118 valence electrons. The molecule has 0 bridgehead atoms. The molecule has 3 aromatic rings. The Hall–Kier alpha value is -2.76. The Labute approximate surface area is 134 Å². The Kier molecular flexibility index (Phi) is 4.06. The molecule has 3 aromatic heterocycles. The third-order valence-corrected chi connectivity index (χ3v) is 3.63. The molecule has 6 heteroatoms. The molecule has 0 saturated carbocycles. The maximum atomic E-state index is 12.2. The number of rotatable bonds is 4. The fourth-order valence-electron chi connectivity index (χ4n) is 2.65. The Morgan fingerprint density at radius 2 is 1.87 bits per heavy atom. The van der Waals surface area contributed by atoms with Gasteiger partial charge in [0, 0.05) is 17.6 Å². The Morgan fingerprint density at radius 3 is 2.61 bits per heavy atom. The predicted octanol–water partition coefficient (Wildman–Crippen LogP) is 1.91. The summed E-state index contributed by atoms with van der Waals surface area (Å²) in [5, 5.41) is 2.88. The molecule has 0 fully saturated rings. The van der Waals surface area contributed by atoms with Crippen molar-refractivity contribution in [1.82, 2.24) is 24.7 Å². The molecular weight excluding hydrogens is 290 g/mol. The first kappa shape index (κ1) is 15.1. The summed E-state index contributed by atoms with van der Waals surface area (Å²) in [6.07, 6.45) is 2.20. The fraction of sp³-hybridized carbons (Fsp3) is 0.294. The summed E-state index contributed by atoms with van der Waals surface area (Å²) >= 11 is 0. The number of hydrogen-bond donors (Lipinski definition) is 1. The molecule has 0 spiro atoms. The highest BCUT2D eigenvalue weighted by atomic mass is 16.1. The van der Waals surface area contributed by atoms with Gasteiger partial charge in [-0.05, 0) is 39.0 Å². The second-order valence-corrected chi connectivity index (χ2v) is 5.59. The van der Waals surface area contributed by atoms with Gasteiger partial charge in [-0.2, -0.15) is 0 Å². The zero-order chi connectivity index (χ0) is 16.4. The molecule has 1 N–H and O–H groups in total. The van der Waals surface area contributed by atoms with Gasteiger partial charge in [-0.3, -0.25) is 4.79 Å². The van der Waals surface area contributed by atoms with Crippen LogP contribution >= 0.6 is 0 Å². The van der Waals surface area contributed by atoms with Gasteiger partial charge in [0.25, 0.3) is 0 Å². The third-order valence-electron chi connectivity index (χ3n) is 3.63. The van der Waals surface area contributed by atoms with Crippen molar-refractivity contribution in [3.05, 3.63) is 59.1 Å². The quantitative estimate of drug-likeness (QED) is 0.799. The number of nitrogens with one attached hydrogen (secondary N) is 1. The lowest BCUT2D eigenvalue weighted by molar-refractivity contribution is -0.120. The maximum absolute atomic E-state index is 12.2. The van der Waals surface area contributed by atoms with Crippen LogP contribution in [0.1, 0.15) is 28.6 Å². The molecular formula is C17H19N5O. The minimum atomic E-state index is -0.0680. The van der Waals surface area contributed by atoms with Gasteiger partial charge in [-0.15, -0.1) is 0 Å². The normalized spacial score (nSPS) is 10.9. The minimum absolute atomic E-state index is 0.0680. The monoisotopic (exact) mass is 309 g/mol. The van der Waals surface area contributed by atoms with E-state index in [-0.39, 0.29) is 12.3 Å². The van der Waals surface area contributed by atoms with Crippen molar-refractivity contribution in [2.24, 2.45) is 0 Å². The molecule has 0 radical (unpaired) electrons. The Balaban J connectivity index is 1.70. The fourth-order valence-corrected chi connectivity index (χ4v) is 2.65. The lowest BCUT2D eigenvalue weighted by Crippen LogP contribution is -2.26. The molecule has 0 unspecified atom stereocenters. The molecule has 3 rings (SSSR count). The van der Waals surface area contributed by atoms with E-state index in [1.54, 1.807) is 0 Å². The van der Waals surface area contributed by atoms with Crippen molar-refractivity contribution >= 4 is 11.6 Å². The van der Waals surface area contributed by atoms with Gasteiger partial charge in [-0.25, -0.2) is 15.0 Å². The molecule has 3 heterocycles. The molecule has 0 aliphatic carbocycles. The number of pyridine rings is 1. The lowest BCUT2D eigenvalue weighted by Gasteiger charge is -2.07. The zero-order valence-electron chi connectivity index (χ0n) is 13.5. The number of carbonyl (C=O) groups is 1. The van der Waals surface area contributed by atoms with Crippen molar-refractivity contribution in [3.63, 3.8) is 0 Å². The summed E-state index contributed by atoms with van der Waals surface area (Å²) in [5.41, 5.74) is 4.43. The topological polar surface area (TPSA) is 72.2 Å². The van der Waals surface area contributed by atoms with Crippen LogP contribution in [-0.4, -0.2) is 25.3 Å². The number of fused-ring (bicyclic) bond motifs is 1. The van der Waals surface area contributed by atoms with Crippen molar-refractivity contribution in [3.8, 4) is 0 Å². The van der Waals surface area contributed by atoms with Crippen LogP contribution in [0, 0.1) is 20.8 Å². The zero-order valence-corrected chi connectivity index (χ0v) is 13.5. The van der Waals surface area contributed by atoms with E-state index in [1.807, 2.05) is 55.6 Å². The number of aromatic nitrogens is 4. The average molecular weight is 309 g/mol. The number of amides is 1. The van der Waals surface area contributed by atoms with Gasteiger partial charge in [0.15, 0.2) is 0 Å². The van der Waals surface area contributed by atoms with E-state index in [0.29, 0.717) is 12.4 Å². The van der Waals surface area contributed by atoms with Gasteiger partial charge in [-0.1, -0.05) is 6.07 Å². The first-order valence-electron chi connectivity index (χ1n) is 7.53. The summed E-state index contributed by atoms with van der Waals surface area (Å²) in [4.78, 5) is 25.4. The third kappa shape index (κ3) is 3.36. The van der Waals surface area contributed by atoms with Crippen LogP contribution in [-0.2, 0) is 17.8 Å². The Morgan fingerprint density at radius 1 is 1.13 bits per heavy atom. The Bertz CT molecular complexity index is 848. The molecule has 0 aromatic carbocycles. The summed E-state index contributed by atoms with van der Waals surface area (Å²) in [6.45, 7) is 6.09. The number of nitrogens with zero attached hydrogens (tertiary/aromatic N) is 4. The number of imidazole rings is 1. The van der Waals surface area contributed by atoms with Gasteiger partial charge in [0.2, 0.25) is 5.91 Å². The van der Waals surface area contributed by atoms with Crippen LogP contribution < -0.4 is 5.32 Å². The van der Waals surface area contributed by atoms with Gasteiger partial charge < -0.3 is 9.72 Å². The van der Waals surface area contributed by atoms with E-state index in [2.05, 4.69) is 20.3 Å². The molecule has 23 heavy (non-hydrogen) atoms. The van der Waals surface area contributed by atoms with E-state index in [0.717, 1.165) is 28.4 Å². The maximum Gasteiger partial charge on any atom is 0.226 e. The molecule has 0 aliphatic heterocycles. The largest absolute Gasteiger partial charge is 0.348 e. The van der Waals surface area contributed by atoms with Crippen LogP contribution in [0.3, 0.4) is 0 Å². The van der Waals surface area contributed by atoms with Crippen LogP contribution in [0.5, 0.6) is 0 Å². The summed E-state index contributed by atoms with van der Waals surface area (Å²) in [6, 6.07) is 7.70. The van der Waals surface area contributed by atoms with E-state index in [1.165, 1.54) is 0 Å². The summed E-state index contributed by atoms with van der Waals surface area (Å²) in [5.74, 6) is 0.562. The molecule has 6 nitrogen and oxygen atoms in total. The van der Waals surface area contributed by atoms with Crippen molar-refractivity contribution in [2.75, 3.05) is 0 Å². The average Bonchev–Trinajstić information content (AvgIpc) is 2.80. The van der Waals surface area contributed by atoms with E-state index in [4.69, 9.17) is 0 Å². The van der Waals surface area contributed by atoms with Gasteiger partial charge >= 0.3 is 0 Å². The molecule has 1 amide bonds. The smallest absolute Gasteiger partial charge is 0.226 e. The minimum Gasteiger partial charge on any atom is -0.348 e. The van der Waals surface area contributed by atoms with E-state index in [9.17, 15) is 4.79 Å². The molecule has 0 saturated heterocycles. The second-order valence-electron chi connectivity index (χ2n) is 5.59. The van der Waals surface area contributed by atoms with Crippen molar-refractivity contribution in [2.45, 2.75) is 33.7 Å². The SMILES string of the molecule is Cc1cc(C)nc(CNC(=O)Cc2c(C)nc3ccccn23)n1. The van der Waals surface area contributed by atoms with Crippen molar-refractivity contribution < 1.29 is 4.79 Å². The number of carbonyl (C=O) groups excluding carboxylic acids is 1. The number of hydrogen-bond acceptors (Lipinski definition) is 4. The standard InChI is InChI=1S/C17H19N5O/c1-11-8-12(2)20-15(19-11)10-18-17(23)9-14-13(3)21-16-6-4-5-7-22(14)16/h4-8H,9-10H2,1-3H3,(H,18,23). The highest BCUT2D eigenvalue weighted by Crippen LogP contribution is 2.12. The van der Waals surface area contributed by atoms with Crippen LogP contribution in [0.2, 0.25) is 0 Å². The van der Waals surface area contributed by atoms with E-state index < -0.39 is 0 Å². The van der Waals surface area contributed by atoms with Gasteiger partial charge in [0.1, 0.15) is 11.5 Å². The predicted molar refractivity (Wildman–Crippen MR) is 87.0 cm³/mol. The first-order valence-corrected chi connectivity index (χ1v) is 7.53. The van der Waals surface area contributed by atoms with Crippen molar-refractivity contribution in [1.29, 1.82) is 0 Å². The van der Waals surface area contributed by atoms with Crippen LogP contribution in [0.15, 0.2) is 30.5 Å². The van der Waals surface area contributed by atoms with Crippen LogP contribution in [0.4, 0.5) is 0 Å². The summed E-state index contributed by atoms with van der Waals surface area (Å²) < 4.78 is 1.95. The number of aryl methyl sites for hydroxylation is 3. The molecule has 0 atom stereocenters. The van der Waals surface area contributed by atoms with E-state index >= 15 is 0 Å². The van der Waals surface area contributed by atoms with Crippen LogP contribution in [0.25, 0.3) is 5.65 Å². The highest BCUT2D eigenvalue weighted by Gasteiger charge is 2.12. The summed E-state index contributed by atoms with van der Waals surface area (Å²) in [7, 11) is 0. The molecule has 0 aliphatic rings.